The first-order chi connectivity index (χ1) is 6.66. The van der Waals surface area contributed by atoms with E-state index in [9.17, 15) is 4.79 Å². The molecule has 3 heteroatoms. The van der Waals surface area contributed by atoms with Crippen LogP contribution in [0.4, 0.5) is 5.82 Å². The van der Waals surface area contributed by atoms with Gasteiger partial charge in [0.2, 0.25) is 0 Å². The summed E-state index contributed by atoms with van der Waals surface area (Å²) in [5, 5.41) is 0. The van der Waals surface area contributed by atoms with Gasteiger partial charge < -0.3 is 4.90 Å². The van der Waals surface area contributed by atoms with Crippen molar-refractivity contribution in [3.05, 3.63) is 23.9 Å². The van der Waals surface area contributed by atoms with Gasteiger partial charge in [-0.3, -0.25) is 4.79 Å². The van der Waals surface area contributed by atoms with Gasteiger partial charge in [0.05, 0.1) is 5.56 Å². The molecule has 0 bridgehead atoms. The van der Waals surface area contributed by atoms with E-state index in [1.165, 1.54) is 0 Å². The number of hydrogen-bond acceptors (Lipinski definition) is 3. The zero-order valence-electron chi connectivity index (χ0n) is 8.95. The largest absolute Gasteiger partial charge is 0.359 e. The fourth-order valence-electron chi connectivity index (χ4n) is 1.42. The number of ketones is 1. The molecule has 14 heavy (non-hydrogen) atoms. The van der Waals surface area contributed by atoms with Crippen LogP contribution in [0, 0.1) is 0 Å². The molecule has 1 rings (SSSR count). The lowest BCUT2D eigenvalue weighted by Crippen LogP contribution is -2.21. The maximum absolute atomic E-state index is 11.3. The maximum atomic E-state index is 11.3. The van der Waals surface area contributed by atoms with E-state index < -0.39 is 0 Å². The van der Waals surface area contributed by atoms with Crippen LogP contribution in [0.1, 0.15) is 30.6 Å². The molecule has 0 amide bonds. The van der Waals surface area contributed by atoms with Gasteiger partial charge >= 0.3 is 0 Å². The fraction of sp³-hybridized carbons (Fsp3) is 0.455. The zero-order chi connectivity index (χ0) is 10.6. The first kappa shape index (κ1) is 10.7. The van der Waals surface area contributed by atoms with Crippen molar-refractivity contribution in [2.75, 3.05) is 18.5 Å². The summed E-state index contributed by atoms with van der Waals surface area (Å²) < 4.78 is 0. The minimum absolute atomic E-state index is 0.0658. The molecule has 0 spiro atoms. The molecular formula is C11H16N2O. The SMILES string of the molecule is CCCN(C)c1ncccc1C(C)=O. The van der Waals surface area contributed by atoms with Gasteiger partial charge in [-0.05, 0) is 25.5 Å². The summed E-state index contributed by atoms with van der Waals surface area (Å²) in [6, 6.07) is 3.61. The van der Waals surface area contributed by atoms with Crippen LogP contribution in [-0.2, 0) is 0 Å². The van der Waals surface area contributed by atoms with Crippen molar-refractivity contribution in [1.82, 2.24) is 4.98 Å². The Morgan fingerprint density at radius 2 is 2.29 bits per heavy atom. The Labute approximate surface area is 84.8 Å². The second-order valence-corrected chi connectivity index (χ2v) is 3.35. The number of carbonyl (C=O) groups is 1. The molecule has 1 aromatic rings. The summed E-state index contributed by atoms with van der Waals surface area (Å²) in [6.07, 6.45) is 2.76. The quantitative estimate of drug-likeness (QED) is 0.685. The monoisotopic (exact) mass is 192 g/mol. The Hall–Kier alpha value is -1.38. The molecule has 0 fully saturated rings. The van der Waals surface area contributed by atoms with Gasteiger partial charge in [0.1, 0.15) is 5.82 Å². The molecular weight excluding hydrogens is 176 g/mol. The lowest BCUT2D eigenvalue weighted by molar-refractivity contribution is 0.101. The lowest BCUT2D eigenvalue weighted by Gasteiger charge is -2.19. The van der Waals surface area contributed by atoms with Gasteiger partial charge in [-0.2, -0.15) is 0 Å². The molecule has 0 N–H and O–H groups in total. The third kappa shape index (κ3) is 2.31. The molecule has 0 aliphatic carbocycles. The second-order valence-electron chi connectivity index (χ2n) is 3.35. The summed E-state index contributed by atoms with van der Waals surface area (Å²) in [5.74, 6) is 0.845. The Morgan fingerprint density at radius 1 is 1.57 bits per heavy atom. The average molecular weight is 192 g/mol. The number of Topliss-reactive ketones (excluding diaryl/α,β-unsaturated/α-hetero) is 1. The number of carbonyl (C=O) groups excluding carboxylic acids is 1. The van der Waals surface area contributed by atoms with Crippen LogP contribution < -0.4 is 4.90 Å². The topological polar surface area (TPSA) is 33.2 Å². The van der Waals surface area contributed by atoms with Crippen LogP contribution >= 0.6 is 0 Å². The molecule has 0 saturated carbocycles. The predicted octanol–water partition coefficient (Wildman–Crippen LogP) is 2.13. The number of anilines is 1. The highest BCUT2D eigenvalue weighted by molar-refractivity contribution is 5.98. The molecule has 0 aromatic carbocycles. The fourth-order valence-corrected chi connectivity index (χ4v) is 1.42. The van der Waals surface area contributed by atoms with Crippen molar-refractivity contribution in [2.45, 2.75) is 20.3 Å². The summed E-state index contributed by atoms with van der Waals surface area (Å²) in [7, 11) is 1.96. The smallest absolute Gasteiger partial charge is 0.163 e. The maximum Gasteiger partial charge on any atom is 0.163 e. The van der Waals surface area contributed by atoms with Gasteiger partial charge in [0.15, 0.2) is 5.78 Å². The van der Waals surface area contributed by atoms with Gasteiger partial charge in [0.25, 0.3) is 0 Å². The van der Waals surface area contributed by atoms with Gasteiger partial charge in [-0.1, -0.05) is 6.92 Å². The second kappa shape index (κ2) is 4.74. The minimum Gasteiger partial charge on any atom is -0.359 e. The number of nitrogens with zero attached hydrogens (tertiary/aromatic N) is 2. The van der Waals surface area contributed by atoms with E-state index in [1.807, 2.05) is 18.0 Å². The predicted molar refractivity (Wildman–Crippen MR) is 57.8 cm³/mol. The number of pyridine rings is 1. The van der Waals surface area contributed by atoms with E-state index in [0.29, 0.717) is 5.56 Å². The Kier molecular flexibility index (Phi) is 3.63. The van der Waals surface area contributed by atoms with Crippen LogP contribution in [-0.4, -0.2) is 24.4 Å². The number of hydrogen-bond donors (Lipinski definition) is 0. The van der Waals surface area contributed by atoms with Crippen LogP contribution in [0.3, 0.4) is 0 Å². The van der Waals surface area contributed by atoms with E-state index in [1.54, 1.807) is 19.2 Å². The van der Waals surface area contributed by atoms with Crippen LogP contribution in [0.5, 0.6) is 0 Å². The lowest BCUT2D eigenvalue weighted by atomic mass is 10.2. The van der Waals surface area contributed by atoms with E-state index in [-0.39, 0.29) is 5.78 Å². The summed E-state index contributed by atoms with van der Waals surface area (Å²) in [5.41, 5.74) is 0.698. The number of rotatable bonds is 4. The highest BCUT2D eigenvalue weighted by Crippen LogP contribution is 2.16. The minimum atomic E-state index is 0.0658. The van der Waals surface area contributed by atoms with E-state index in [0.717, 1.165) is 18.8 Å². The summed E-state index contributed by atoms with van der Waals surface area (Å²) in [4.78, 5) is 17.5. The normalized spacial score (nSPS) is 9.93. The number of aromatic nitrogens is 1. The molecule has 3 nitrogen and oxygen atoms in total. The van der Waals surface area contributed by atoms with Crippen molar-refractivity contribution in [1.29, 1.82) is 0 Å². The third-order valence-corrected chi connectivity index (χ3v) is 2.09. The highest BCUT2D eigenvalue weighted by Gasteiger charge is 2.10. The highest BCUT2D eigenvalue weighted by atomic mass is 16.1. The van der Waals surface area contributed by atoms with Crippen molar-refractivity contribution in [2.24, 2.45) is 0 Å². The van der Waals surface area contributed by atoms with Crippen molar-refractivity contribution < 1.29 is 4.79 Å². The molecule has 76 valence electrons. The molecule has 1 aromatic heterocycles. The van der Waals surface area contributed by atoms with E-state index in [2.05, 4.69) is 11.9 Å². The molecule has 0 aliphatic rings. The van der Waals surface area contributed by atoms with Gasteiger partial charge in [0, 0.05) is 19.8 Å². The molecule has 0 radical (unpaired) electrons. The van der Waals surface area contributed by atoms with Crippen LogP contribution in [0.25, 0.3) is 0 Å². The van der Waals surface area contributed by atoms with E-state index >= 15 is 0 Å². The zero-order valence-corrected chi connectivity index (χ0v) is 8.95. The Balaban J connectivity index is 3.00. The molecule has 0 atom stereocenters. The third-order valence-electron chi connectivity index (χ3n) is 2.09. The molecule has 0 saturated heterocycles. The van der Waals surface area contributed by atoms with Crippen molar-refractivity contribution >= 4 is 11.6 Å². The molecule has 0 aliphatic heterocycles. The van der Waals surface area contributed by atoms with Crippen LogP contribution in [0.2, 0.25) is 0 Å². The van der Waals surface area contributed by atoms with E-state index in [4.69, 9.17) is 0 Å². The summed E-state index contributed by atoms with van der Waals surface area (Å²) >= 11 is 0. The van der Waals surface area contributed by atoms with Gasteiger partial charge in [-0.25, -0.2) is 4.98 Å². The van der Waals surface area contributed by atoms with Gasteiger partial charge in [-0.15, -0.1) is 0 Å². The average Bonchev–Trinajstić information content (AvgIpc) is 2.18. The van der Waals surface area contributed by atoms with Crippen molar-refractivity contribution in [3.63, 3.8) is 0 Å². The Bertz CT molecular complexity index is 323. The van der Waals surface area contributed by atoms with Crippen LogP contribution in [0.15, 0.2) is 18.3 Å². The standard InChI is InChI=1S/C11H16N2O/c1-4-8-13(3)11-10(9(2)14)6-5-7-12-11/h5-7H,4,8H2,1-3H3. The summed E-state index contributed by atoms with van der Waals surface area (Å²) in [6.45, 7) is 4.59. The van der Waals surface area contributed by atoms with Crippen molar-refractivity contribution in [3.8, 4) is 0 Å². The molecule has 1 heterocycles. The molecule has 0 unspecified atom stereocenters. The first-order valence-corrected chi connectivity index (χ1v) is 4.84. The Morgan fingerprint density at radius 3 is 2.86 bits per heavy atom. The first-order valence-electron chi connectivity index (χ1n) is 4.84.